The van der Waals surface area contributed by atoms with Crippen LogP contribution in [0, 0.1) is 0 Å². The molecule has 0 amide bonds. The van der Waals surface area contributed by atoms with Crippen LogP contribution < -0.4 is 5.56 Å². The van der Waals surface area contributed by atoms with Crippen LogP contribution in [0.3, 0.4) is 0 Å². The van der Waals surface area contributed by atoms with Crippen molar-refractivity contribution in [2.24, 2.45) is 0 Å². The summed E-state index contributed by atoms with van der Waals surface area (Å²) < 4.78 is 26.4. The average Bonchev–Trinajstić information content (AvgIpc) is 3.30. The van der Waals surface area contributed by atoms with Crippen LogP contribution in [0.25, 0.3) is 5.57 Å². The average molecular weight is 301 g/mol. The van der Waals surface area contributed by atoms with Gasteiger partial charge >= 0.3 is 0 Å². The predicted octanol–water partition coefficient (Wildman–Crippen LogP) is 4.43. The SMILES string of the molecule is C=C(c1ccc(C(C)(F)F)cc1)c1ccc(C2CC2)c(=O)[nH]1. The summed E-state index contributed by atoms with van der Waals surface area (Å²) in [6, 6.07) is 9.64. The molecule has 22 heavy (non-hydrogen) atoms. The van der Waals surface area contributed by atoms with Gasteiger partial charge in [-0.15, -0.1) is 0 Å². The second kappa shape index (κ2) is 5.20. The number of hydrogen-bond acceptors (Lipinski definition) is 1. The third-order valence-corrected chi connectivity index (χ3v) is 4.02. The number of aromatic nitrogens is 1. The van der Waals surface area contributed by atoms with E-state index in [1.807, 2.05) is 12.1 Å². The van der Waals surface area contributed by atoms with Crippen LogP contribution in [-0.4, -0.2) is 4.98 Å². The molecule has 1 aromatic carbocycles. The van der Waals surface area contributed by atoms with Crippen LogP contribution in [0.2, 0.25) is 0 Å². The largest absolute Gasteiger partial charge is 0.322 e. The van der Waals surface area contributed by atoms with Crippen molar-refractivity contribution >= 4 is 5.57 Å². The number of H-pyrrole nitrogens is 1. The first-order valence-corrected chi connectivity index (χ1v) is 7.27. The minimum absolute atomic E-state index is 0.0402. The molecule has 1 heterocycles. The standard InChI is InChI=1S/C18H17F2NO/c1-11(12-5-7-14(8-6-12)18(2,19)20)16-10-9-15(13-3-4-13)17(22)21-16/h5-10,13H,1,3-4H2,2H3,(H,21,22). The molecular formula is C18H17F2NO. The van der Waals surface area contributed by atoms with E-state index >= 15 is 0 Å². The zero-order valence-corrected chi connectivity index (χ0v) is 12.3. The van der Waals surface area contributed by atoms with Crippen LogP contribution in [0.1, 0.15) is 48.1 Å². The Morgan fingerprint density at radius 1 is 1.18 bits per heavy atom. The molecule has 1 aliphatic carbocycles. The lowest BCUT2D eigenvalue weighted by molar-refractivity contribution is 0.0175. The normalized spacial score (nSPS) is 14.9. The van der Waals surface area contributed by atoms with Crippen molar-refractivity contribution < 1.29 is 8.78 Å². The first-order chi connectivity index (χ1) is 10.4. The molecule has 2 nitrogen and oxygen atoms in total. The van der Waals surface area contributed by atoms with Crippen LogP contribution >= 0.6 is 0 Å². The Morgan fingerprint density at radius 2 is 1.82 bits per heavy atom. The van der Waals surface area contributed by atoms with E-state index in [-0.39, 0.29) is 11.1 Å². The topological polar surface area (TPSA) is 32.9 Å². The summed E-state index contributed by atoms with van der Waals surface area (Å²) >= 11 is 0. The highest BCUT2D eigenvalue weighted by atomic mass is 19.3. The maximum atomic E-state index is 13.2. The van der Waals surface area contributed by atoms with Crippen molar-refractivity contribution in [3.05, 3.63) is 75.7 Å². The van der Waals surface area contributed by atoms with Gasteiger partial charge in [0, 0.05) is 23.7 Å². The Kier molecular flexibility index (Phi) is 3.47. The first kappa shape index (κ1) is 14.7. The molecule has 1 aromatic heterocycles. The second-order valence-electron chi connectivity index (χ2n) is 5.88. The van der Waals surface area contributed by atoms with Crippen molar-refractivity contribution in [3.8, 4) is 0 Å². The van der Waals surface area contributed by atoms with E-state index in [0.717, 1.165) is 25.3 Å². The Hall–Kier alpha value is -2.23. The van der Waals surface area contributed by atoms with E-state index in [9.17, 15) is 13.6 Å². The molecule has 2 aromatic rings. The highest BCUT2D eigenvalue weighted by Crippen LogP contribution is 2.38. The summed E-state index contributed by atoms with van der Waals surface area (Å²) in [6.45, 7) is 4.83. The number of rotatable bonds is 4. The molecule has 0 atom stereocenters. The molecule has 0 aliphatic heterocycles. The van der Waals surface area contributed by atoms with Crippen molar-refractivity contribution in [3.63, 3.8) is 0 Å². The summed E-state index contributed by atoms with van der Waals surface area (Å²) in [7, 11) is 0. The molecule has 0 unspecified atom stereocenters. The fraction of sp³-hybridized carbons (Fsp3) is 0.278. The molecule has 1 aliphatic rings. The molecular weight excluding hydrogens is 284 g/mol. The smallest absolute Gasteiger partial charge is 0.270 e. The number of halogens is 2. The Balaban J connectivity index is 1.87. The summed E-state index contributed by atoms with van der Waals surface area (Å²) in [4.78, 5) is 14.9. The Labute approximate surface area is 127 Å². The van der Waals surface area contributed by atoms with Gasteiger partial charge in [-0.3, -0.25) is 4.79 Å². The third-order valence-electron chi connectivity index (χ3n) is 4.02. The number of pyridine rings is 1. The van der Waals surface area contributed by atoms with Crippen LogP contribution in [0.5, 0.6) is 0 Å². The quantitative estimate of drug-likeness (QED) is 0.890. The molecule has 1 fully saturated rings. The van der Waals surface area contributed by atoms with E-state index in [4.69, 9.17) is 0 Å². The minimum atomic E-state index is -2.86. The molecule has 1 saturated carbocycles. The highest BCUT2D eigenvalue weighted by Gasteiger charge is 2.26. The molecule has 0 spiro atoms. The second-order valence-corrected chi connectivity index (χ2v) is 5.88. The van der Waals surface area contributed by atoms with Crippen molar-refractivity contribution in [1.29, 1.82) is 0 Å². The predicted molar refractivity (Wildman–Crippen MR) is 83.2 cm³/mol. The highest BCUT2D eigenvalue weighted by molar-refractivity contribution is 5.76. The van der Waals surface area contributed by atoms with Crippen LogP contribution in [0.15, 0.2) is 47.8 Å². The maximum absolute atomic E-state index is 13.2. The molecule has 1 N–H and O–H groups in total. The molecule has 0 bridgehead atoms. The van der Waals surface area contributed by atoms with E-state index in [0.29, 0.717) is 22.7 Å². The number of aromatic amines is 1. The van der Waals surface area contributed by atoms with E-state index in [1.54, 1.807) is 12.1 Å². The molecule has 4 heteroatoms. The van der Waals surface area contributed by atoms with Crippen LogP contribution in [-0.2, 0) is 5.92 Å². The van der Waals surface area contributed by atoms with Gasteiger partial charge in [-0.05, 0) is 36.0 Å². The van der Waals surface area contributed by atoms with E-state index < -0.39 is 5.92 Å². The van der Waals surface area contributed by atoms with Crippen molar-refractivity contribution in [2.45, 2.75) is 31.6 Å². The number of nitrogens with one attached hydrogen (secondary N) is 1. The monoisotopic (exact) mass is 301 g/mol. The van der Waals surface area contributed by atoms with Crippen molar-refractivity contribution in [2.75, 3.05) is 0 Å². The lowest BCUT2D eigenvalue weighted by Crippen LogP contribution is -2.13. The van der Waals surface area contributed by atoms with Gasteiger partial charge in [0.1, 0.15) is 0 Å². The number of alkyl halides is 2. The molecule has 0 saturated heterocycles. The molecule has 3 rings (SSSR count). The molecule has 0 radical (unpaired) electrons. The van der Waals surface area contributed by atoms with Gasteiger partial charge in [-0.25, -0.2) is 8.78 Å². The Bertz CT molecular complexity index is 765. The summed E-state index contributed by atoms with van der Waals surface area (Å²) in [6.07, 6.45) is 2.13. The lowest BCUT2D eigenvalue weighted by atomic mass is 10.00. The van der Waals surface area contributed by atoms with Gasteiger partial charge < -0.3 is 4.98 Å². The summed E-state index contributed by atoms with van der Waals surface area (Å²) in [5, 5.41) is 0. The minimum Gasteiger partial charge on any atom is -0.322 e. The number of hydrogen-bond donors (Lipinski definition) is 1. The van der Waals surface area contributed by atoms with Crippen molar-refractivity contribution in [1.82, 2.24) is 4.98 Å². The lowest BCUT2D eigenvalue weighted by Gasteiger charge is -2.12. The fourth-order valence-electron chi connectivity index (χ4n) is 2.50. The van der Waals surface area contributed by atoms with Gasteiger partial charge in [-0.1, -0.05) is 36.9 Å². The third kappa shape index (κ3) is 2.86. The van der Waals surface area contributed by atoms with Gasteiger partial charge in [0.2, 0.25) is 0 Å². The number of benzene rings is 1. The fourth-order valence-corrected chi connectivity index (χ4v) is 2.50. The van der Waals surface area contributed by atoms with E-state index in [1.165, 1.54) is 12.1 Å². The van der Waals surface area contributed by atoms with Gasteiger partial charge in [0.25, 0.3) is 11.5 Å². The Morgan fingerprint density at radius 3 is 2.32 bits per heavy atom. The van der Waals surface area contributed by atoms with E-state index in [2.05, 4.69) is 11.6 Å². The zero-order chi connectivity index (χ0) is 15.9. The summed E-state index contributed by atoms with van der Waals surface area (Å²) in [5.41, 5.74) is 2.63. The maximum Gasteiger partial charge on any atom is 0.270 e. The van der Waals surface area contributed by atoms with Crippen LogP contribution in [0.4, 0.5) is 8.78 Å². The van der Waals surface area contributed by atoms with Gasteiger partial charge in [0.15, 0.2) is 0 Å². The zero-order valence-electron chi connectivity index (χ0n) is 12.3. The van der Waals surface area contributed by atoms with Gasteiger partial charge in [0.05, 0.1) is 0 Å². The molecule has 114 valence electrons. The van der Waals surface area contributed by atoms with Gasteiger partial charge in [-0.2, -0.15) is 0 Å². The first-order valence-electron chi connectivity index (χ1n) is 7.27. The summed E-state index contributed by atoms with van der Waals surface area (Å²) in [5.74, 6) is -2.47.